The quantitative estimate of drug-likeness (QED) is 0.790. The van der Waals surface area contributed by atoms with Gasteiger partial charge < -0.3 is 0 Å². The summed E-state index contributed by atoms with van der Waals surface area (Å²) in [7, 11) is 0. The average molecular weight is 284 g/mol. The van der Waals surface area contributed by atoms with Gasteiger partial charge in [-0.3, -0.25) is 4.79 Å². The second-order valence-electron chi connectivity index (χ2n) is 5.61. The number of ketones is 1. The molecule has 0 amide bonds. The molecule has 1 aliphatic carbocycles. The van der Waals surface area contributed by atoms with E-state index >= 15 is 0 Å². The molecule has 0 saturated heterocycles. The van der Waals surface area contributed by atoms with Crippen molar-refractivity contribution in [3.8, 4) is 0 Å². The molecule has 2 atom stereocenters. The monoisotopic (exact) mass is 284 g/mol. The zero-order chi connectivity index (χ0) is 14.8. The number of benzene rings is 1. The zero-order valence-corrected chi connectivity index (χ0v) is 11.5. The molecule has 1 saturated carbocycles. The van der Waals surface area contributed by atoms with Crippen LogP contribution in [0.3, 0.4) is 0 Å². The lowest BCUT2D eigenvalue weighted by molar-refractivity contribution is -0.137. The smallest absolute Gasteiger partial charge is 0.299 e. The van der Waals surface area contributed by atoms with Gasteiger partial charge in [0.05, 0.1) is 5.56 Å². The van der Waals surface area contributed by atoms with Crippen LogP contribution in [-0.4, -0.2) is 5.78 Å². The predicted molar refractivity (Wildman–Crippen MR) is 71.3 cm³/mol. The van der Waals surface area contributed by atoms with Crippen LogP contribution < -0.4 is 0 Å². The van der Waals surface area contributed by atoms with Crippen molar-refractivity contribution in [3.05, 3.63) is 35.4 Å². The first-order chi connectivity index (χ1) is 9.40. The summed E-state index contributed by atoms with van der Waals surface area (Å²) in [6.45, 7) is 2.10. The normalized spacial score (nSPS) is 23.9. The van der Waals surface area contributed by atoms with Crippen LogP contribution in [0, 0.1) is 11.8 Å². The fourth-order valence-corrected chi connectivity index (χ4v) is 2.93. The molecular formula is C16H19F3O. The molecule has 0 bridgehead atoms. The molecule has 1 nitrogen and oxygen atoms in total. The van der Waals surface area contributed by atoms with Crippen LogP contribution >= 0.6 is 0 Å². The van der Waals surface area contributed by atoms with E-state index < -0.39 is 11.7 Å². The van der Waals surface area contributed by atoms with Crippen molar-refractivity contribution in [2.45, 2.75) is 45.2 Å². The maximum absolute atomic E-state index is 12.7. The average Bonchev–Trinajstić information content (AvgIpc) is 2.41. The van der Waals surface area contributed by atoms with Gasteiger partial charge >= 0.3 is 6.18 Å². The minimum atomic E-state index is -4.32. The molecule has 2 unspecified atom stereocenters. The fourth-order valence-electron chi connectivity index (χ4n) is 2.93. The van der Waals surface area contributed by atoms with Crippen molar-refractivity contribution < 1.29 is 18.0 Å². The predicted octanol–water partition coefficient (Wildman–Crippen LogP) is 4.64. The summed E-state index contributed by atoms with van der Waals surface area (Å²) in [6, 6.07) is 5.34. The molecule has 1 aromatic carbocycles. The molecule has 2 rings (SSSR count). The number of hydrogen-bond acceptors (Lipinski definition) is 1. The van der Waals surface area contributed by atoms with E-state index in [-0.39, 0.29) is 11.7 Å². The molecule has 20 heavy (non-hydrogen) atoms. The van der Waals surface area contributed by atoms with Crippen LogP contribution in [0.15, 0.2) is 24.3 Å². The van der Waals surface area contributed by atoms with Gasteiger partial charge in [0, 0.05) is 12.3 Å². The Hall–Kier alpha value is -1.32. The van der Waals surface area contributed by atoms with Crippen LogP contribution in [0.2, 0.25) is 0 Å². The van der Waals surface area contributed by atoms with Crippen LogP contribution in [0.1, 0.15) is 43.7 Å². The van der Waals surface area contributed by atoms with Crippen LogP contribution in [0.4, 0.5) is 13.2 Å². The Bertz CT molecular complexity index is 479. The Morgan fingerprint density at radius 1 is 1.30 bits per heavy atom. The maximum Gasteiger partial charge on any atom is 0.416 e. The minimum absolute atomic E-state index is 0.114. The lowest BCUT2D eigenvalue weighted by Crippen LogP contribution is -2.26. The number of hydrogen-bond donors (Lipinski definition) is 0. The van der Waals surface area contributed by atoms with E-state index in [1.165, 1.54) is 12.1 Å². The van der Waals surface area contributed by atoms with E-state index in [9.17, 15) is 18.0 Å². The third-order valence-electron chi connectivity index (χ3n) is 4.19. The van der Waals surface area contributed by atoms with Gasteiger partial charge in [-0.25, -0.2) is 0 Å². The highest BCUT2D eigenvalue weighted by atomic mass is 19.4. The first-order valence-corrected chi connectivity index (χ1v) is 7.09. The number of alkyl halides is 3. The highest BCUT2D eigenvalue weighted by molar-refractivity contribution is 5.82. The van der Waals surface area contributed by atoms with Crippen molar-refractivity contribution in [1.29, 1.82) is 0 Å². The highest BCUT2D eigenvalue weighted by Gasteiger charge is 2.31. The summed E-state index contributed by atoms with van der Waals surface area (Å²) >= 11 is 0. The Kier molecular flexibility index (Phi) is 4.51. The topological polar surface area (TPSA) is 17.1 Å². The first-order valence-electron chi connectivity index (χ1n) is 7.09. The third-order valence-corrected chi connectivity index (χ3v) is 4.19. The van der Waals surface area contributed by atoms with E-state index in [1.807, 2.05) is 0 Å². The molecule has 110 valence electrons. The highest BCUT2D eigenvalue weighted by Crippen LogP contribution is 2.33. The zero-order valence-electron chi connectivity index (χ0n) is 11.5. The van der Waals surface area contributed by atoms with Crippen LogP contribution in [0.5, 0.6) is 0 Å². The molecule has 0 radical (unpaired) electrons. The lowest BCUT2D eigenvalue weighted by Gasteiger charge is -2.27. The van der Waals surface area contributed by atoms with Crippen molar-refractivity contribution in [2.75, 3.05) is 0 Å². The lowest BCUT2D eigenvalue weighted by atomic mass is 9.77. The number of carbonyl (C=O) groups excluding carboxylic acids is 1. The standard InChI is InChI=1S/C16H19F3O/c1-2-11-6-7-15(20)13(8-11)9-12-4-3-5-14(10-12)16(17,18)19/h3-5,10-11,13H,2,6-9H2,1H3. The largest absolute Gasteiger partial charge is 0.416 e. The molecule has 1 aromatic rings. The third kappa shape index (κ3) is 3.62. The minimum Gasteiger partial charge on any atom is -0.299 e. The molecule has 0 aliphatic heterocycles. The Morgan fingerprint density at radius 3 is 2.70 bits per heavy atom. The Morgan fingerprint density at radius 2 is 2.05 bits per heavy atom. The molecule has 0 spiro atoms. The van der Waals surface area contributed by atoms with E-state index in [0.717, 1.165) is 25.3 Å². The summed E-state index contributed by atoms with van der Waals surface area (Å²) in [5, 5.41) is 0. The summed E-state index contributed by atoms with van der Waals surface area (Å²) < 4.78 is 38.0. The van der Waals surface area contributed by atoms with Gasteiger partial charge in [-0.1, -0.05) is 31.5 Å². The van der Waals surface area contributed by atoms with Crippen molar-refractivity contribution >= 4 is 5.78 Å². The van der Waals surface area contributed by atoms with Gasteiger partial charge in [0.2, 0.25) is 0 Å². The molecule has 0 heterocycles. The van der Waals surface area contributed by atoms with Crippen molar-refractivity contribution in [3.63, 3.8) is 0 Å². The molecule has 0 N–H and O–H groups in total. The van der Waals surface area contributed by atoms with Gasteiger partial charge in [0.1, 0.15) is 5.78 Å². The molecule has 1 aliphatic rings. The molecule has 4 heteroatoms. The van der Waals surface area contributed by atoms with Gasteiger partial charge in [-0.05, 0) is 36.8 Å². The summed E-state index contributed by atoms with van der Waals surface area (Å²) in [5.41, 5.74) is -0.0276. The molecule has 1 fully saturated rings. The van der Waals surface area contributed by atoms with E-state index in [1.54, 1.807) is 6.07 Å². The van der Waals surface area contributed by atoms with E-state index in [2.05, 4.69) is 6.92 Å². The Balaban J connectivity index is 2.11. The maximum atomic E-state index is 12.7. The summed E-state index contributed by atoms with van der Waals surface area (Å²) in [5.74, 6) is 0.618. The number of Topliss-reactive ketones (excluding diaryl/α,β-unsaturated/α-hetero) is 1. The SMILES string of the molecule is CCC1CCC(=O)C(Cc2cccc(C(F)(F)F)c2)C1. The van der Waals surface area contributed by atoms with Crippen LogP contribution in [-0.2, 0) is 17.4 Å². The number of halogens is 3. The first kappa shape index (κ1) is 15.1. The van der Waals surface area contributed by atoms with E-state index in [4.69, 9.17) is 0 Å². The summed E-state index contributed by atoms with van der Waals surface area (Å²) in [4.78, 5) is 11.9. The fraction of sp³-hybridized carbons (Fsp3) is 0.562. The molecule has 0 aromatic heterocycles. The van der Waals surface area contributed by atoms with Gasteiger partial charge in [0.15, 0.2) is 0 Å². The van der Waals surface area contributed by atoms with Crippen molar-refractivity contribution in [1.82, 2.24) is 0 Å². The number of carbonyl (C=O) groups is 1. The number of rotatable bonds is 3. The summed E-state index contributed by atoms with van der Waals surface area (Å²) in [6.07, 6.45) is -0.549. The Labute approximate surface area is 117 Å². The van der Waals surface area contributed by atoms with Crippen LogP contribution in [0.25, 0.3) is 0 Å². The second kappa shape index (κ2) is 5.98. The van der Waals surface area contributed by atoms with E-state index in [0.29, 0.717) is 24.3 Å². The van der Waals surface area contributed by atoms with Gasteiger partial charge in [-0.15, -0.1) is 0 Å². The van der Waals surface area contributed by atoms with Gasteiger partial charge in [0.25, 0.3) is 0 Å². The van der Waals surface area contributed by atoms with Gasteiger partial charge in [-0.2, -0.15) is 13.2 Å². The van der Waals surface area contributed by atoms with Crippen molar-refractivity contribution in [2.24, 2.45) is 11.8 Å². The molecular weight excluding hydrogens is 265 g/mol. The second-order valence-corrected chi connectivity index (χ2v) is 5.61.